The van der Waals surface area contributed by atoms with Crippen LogP contribution in [0.3, 0.4) is 0 Å². The van der Waals surface area contributed by atoms with Gasteiger partial charge in [-0.3, -0.25) is 0 Å². The van der Waals surface area contributed by atoms with Crippen molar-refractivity contribution in [1.29, 1.82) is 0 Å². The summed E-state index contributed by atoms with van der Waals surface area (Å²) in [7, 11) is 0. The first-order chi connectivity index (χ1) is 28.5. The molecule has 0 unspecified atom stereocenters. The van der Waals surface area contributed by atoms with E-state index in [9.17, 15) is 5.48 Å². The van der Waals surface area contributed by atoms with E-state index in [2.05, 4.69) is 0 Å². The second-order valence-corrected chi connectivity index (χ2v) is 8.76. The van der Waals surface area contributed by atoms with Crippen LogP contribution in [-0.2, 0) is 0 Å². The van der Waals surface area contributed by atoms with Crippen molar-refractivity contribution in [2.24, 2.45) is 0 Å². The minimum absolute atomic E-state index is 0.223. The Morgan fingerprint density at radius 3 is 1.90 bits per heavy atom. The zero-order chi connectivity index (χ0) is 44.6. The van der Waals surface area contributed by atoms with Gasteiger partial charge in [-0.1, -0.05) is 109 Å². The van der Waals surface area contributed by atoms with Gasteiger partial charge in [0.05, 0.1) is 30.2 Å². The first kappa shape index (κ1) is 8.97. The molecule has 0 fully saturated rings. The summed E-state index contributed by atoms with van der Waals surface area (Å²) in [6.45, 7) is 0. The van der Waals surface area contributed by atoms with Crippen molar-refractivity contribution in [2.75, 3.05) is 0 Å². The van der Waals surface area contributed by atoms with Gasteiger partial charge in [-0.25, -0.2) is 0 Å². The Kier molecular flexibility index (Phi) is 1.77. The fourth-order valence-corrected chi connectivity index (χ4v) is 4.92. The number of benzene rings is 8. The van der Waals surface area contributed by atoms with E-state index in [0.717, 1.165) is 0 Å². The highest BCUT2D eigenvalue weighted by Gasteiger charge is 2.20. The molecule has 180 valence electrons. The van der Waals surface area contributed by atoms with Crippen LogP contribution in [0.25, 0.3) is 76.5 Å². The van der Waals surface area contributed by atoms with Crippen molar-refractivity contribution in [3.8, 4) is 44.9 Å². The first-order valence-electron chi connectivity index (χ1n) is 22.7. The number of hydrogen-bond acceptors (Lipinski definition) is 1. The van der Waals surface area contributed by atoms with E-state index in [1.54, 1.807) is 0 Å². The zero-order valence-electron chi connectivity index (χ0n) is 41.4. The molecule has 0 saturated heterocycles. The van der Waals surface area contributed by atoms with Crippen molar-refractivity contribution < 1.29 is 34.9 Å². The molecule has 8 aromatic rings. The molecule has 39 heavy (non-hydrogen) atoms. The monoisotopic (exact) mass is 516 g/mol. The highest BCUT2D eigenvalue weighted by molar-refractivity contribution is 6.25. The molecule has 0 atom stereocenters. The van der Waals surface area contributed by atoms with E-state index >= 15 is 0 Å². The Bertz CT molecular complexity index is 3440. The van der Waals surface area contributed by atoms with E-state index in [1.165, 1.54) is 0 Å². The van der Waals surface area contributed by atoms with Gasteiger partial charge in [0.15, 0.2) is 0 Å². The van der Waals surface area contributed by atoms with Crippen molar-refractivity contribution in [2.45, 2.75) is 0 Å². The van der Waals surface area contributed by atoms with Gasteiger partial charge in [-0.15, -0.1) is 0 Å². The van der Waals surface area contributed by atoms with E-state index in [-0.39, 0.29) is 37.9 Å². The highest BCUT2D eigenvalue weighted by Crippen LogP contribution is 2.47. The van der Waals surface area contributed by atoms with Gasteiger partial charge >= 0.3 is 0 Å². The van der Waals surface area contributed by atoms with Crippen LogP contribution in [0.5, 0.6) is 11.5 Å². The van der Waals surface area contributed by atoms with Crippen LogP contribution in [0.1, 0.15) is 30.2 Å². The van der Waals surface area contributed by atoms with Crippen molar-refractivity contribution >= 4 is 43.1 Å². The summed E-state index contributed by atoms with van der Waals surface area (Å²) in [6.07, 6.45) is 0. The molecule has 1 heterocycles. The van der Waals surface area contributed by atoms with Crippen molar-refractivity contribution in [1.82, 2.24) is 0 Å². The number of fused-ring (bicyclic) bond motifs is 2. The van der Waals surface area contributed by atoms with Gasteiger partial charge in [-0.05, 0) is 89.7 Å². The molecule has 1 nitrogen and oxygen atoms in total. The maximum absolute atomic E-state index is 9.57. The van der Waals surface area contributed by atoms with Gasteiger partial charge in [0, 0.05) is 10.9 Å². The summed E-state index contributed by atoms with van der Waals surface area (Å²) < 4.78 is 201. The van der Waals surface area contributed by atoms with E-state index in [1.807, 2.05) is 0 Å². The minimum Gasteiger partial charge on any atom is -0.456 e. The Balaban J connectivity index is 1.47. The molecular formula is C38H22O. The smallest absolute Gasteiger partial charge is 0.135 e. The summed E-state index contributed by atoms with van der Waals surface area (Å²) in [4.78, 5) is 0. The lowest BCUT2D eigenvalue weighted by molar-refractivity contribution is 0.487. The molecular weight excluding hydrogens is 472 g/mol. The van der Waals surface area contributed by atoms with Crippen molar-refractivity contribution in [3.05, 3.63) is 133 Å². The van der Waals surface area contributed by atoms with Crippen LogP contribution in [0, 0.1) is 0 Å². The molecule has 0 spiro atoms. The molecule has 1 aliphatic heterocycles. The topological polar surface area (TPSA) is 9.23 Å². The Hall–Kier alpha value is -5.14. The Morgan fingerprint density at radius 1 is 0.385 bits per heavy atom. The largest absolute Gasteiger partial charge is 0.456 e. The molecule has 0 saturated carbocycles. The van der Waals surface area contributed by atoms with Crippen molar-refractivity contribution in [3.63, 3.8) is 0 Å². The van der Waals surface area contributed by atoms with Gasteiger partial charge in [-0.2, -0.15) is 0 Å². The Labute approximate surface area is 256 Å². The maximum atomic E-state index is 9.57. The summed E-state index contributed by atoms with van der Waals surface area (Å²) in [5.41, 5.74) is -3.63. The molecule has 0 aromatic heterocycles. The zero-order valence-corrected chi connectivity index (χ0v) is 19.4. The van der Waals surface area contributed by atoms with Gasteiger partial charge in [0.1, 0.15) is 11.5 Å². The summed E-state index contributed by atoms with van der Waals surface area (Å²) >= 11 is 0. The third-order valence-corrected chi connectivity index (χ3v) is 6.64. The lowest BCUT2D eigenvalue weighted by atomic mass is 9.88. The number of rotatable bonds is 2. The summed E-state index contributed by atoms with van der Waals surface area (Å²) in [6, 6.07) is -16.9. The SMILES string of the molecule is [2H]c1c([2H])c(-c2c([2H])c([2H])c3c(c2[2H])-c2c([2H])c([2H])c([2H])c4c([2H])c([2H])c([2H])c(c24)O3)c([2H])c(-c2c([2H])c([2H])c3c([2H])c([2H])c4c([2H])c([2H])c([2H])c5c([2H])c([2H])c2c3c45)c1[2H]. The molecule has 1 aliphatic rings. The number of ether oxygens (including phenoxy) is 1. The van der Waals surface area contributed by atoms with Gasteiger partial charge in [0.2, 0.25) is 0 Å². The standard InChI is InChI=1S/C38H22O/c1-5-24-13-14-26-15-18-30(32-19-16-25(6-1)36(24)38(26)32)29-10-2-9-27(21-29)28-17-20-34-33(22-28)31-11-3-7-23-8-4-12-35(39-34)37(23)31/h1-22H/i1D,2D,3D,4D,5D,6D,7D,8D,9D,10D,11D,12D,13D,14D,15D,16D,17D,18D,19D,20D,21D,22D. The van der Waals surface area contributed by atoms with Gasteiger partial charge in [0.25, 0.3) is 0 Å². The van der Waals surface area contributed by atoms with E-state index < -0.39 is 183 Å². The van der Waals surface area contributed by atoms with Crippen LogP contribution in [0.2, 0.25) is 0 Å². The summed E-state index contributed by atoms with van der Waals surface area (Å²) in [5, 5.41) is -2.71. The second-order valence-electron chi connectivity index (χ2n) is 8.76. The fraction of sp³-hybridized carbons (Fsp3) is 0. The highest BCUT2D eigenvalue weighted by atomic mass is 16.5. The molecule has 0 N–H and O–H groups in total. The van der Waals surface area contributed by atoms with Crippen LogP contribution < -0.4 is 4.74 Å². The predicted molar refractivity (Wildman–Crippen MR) is 164 cm³/mol. The Morgan fingerprint density at radius 2 is 1.03 bits per heavy atom. The number of hydrogen-bond donors (Lipinski definition) is 0. The minimum atomic E-state index is -0.952. The normalized spacial score (nSPS) is 20.2. The predicted octanol–water partition coefficient (Wildman–Crippen LogP) is 10.8. The molecule has 8 aromatic carbocycles. The van der Waals surface area contributed by atoms with Crippen LogP contribution in [-0.4, -0.2) is 0 Å². The van der Waals surface area contributed by atoms with Crippen LogP contribution in [0.4, 0.5) is 0 Å². The lowest BCUT2D eigenvalue weighted by Gasteiger charge is -2.22. The molecule has 1 heteroatoms. The molecule has 0 radical (unpaired) electrons. The average Bonchev–Trinajstić information content (AvgIpc) is 3.22. The molecule has 0 bridgehead atoms. The third kappa shape index (κ3) is 2.96. The average molecular weight is 517 g/mol. The fourth-order valence-electron chi connectivity index (χ4n) is 4.92. The molecule has 9 rings (SSSR count). The van der Waals surface area contributed by atoms with Crippen LogP contribution >= 0.6 is 0 Å². The first-order valence-corrected chi connectivity index (χ1v) is 11.7. The molecule has 0 amide bonds. The van der Waals surface area contributed by atoms with Crippen LogP contribution in [0.15, 0.2) is 133 Å². The maximum Gasteiger partial charge on any atom is 0.135 e. The lowest BCUT2D eigenvalue weighted by Crippen LogP contribution is -1.97. The summed E-state index contributed by atoms with van der Waals surface area (Å²) in [5.74, 6) is -1.06. The van der Waals surface area contributed by atoms with Gasteiger partial charge < -0.3 is 4.74 Å². The van der Waals surface area contributed by atoms with E-state index in [0.29, 0.717) is 0 Å². The second kappa shape index (κ2) is 7.69. The van der Waals surface area contributed by atoms with E-state index in [4.69, 9.17) is 29.4 Å². The quantitative estimate of drug-likeness (QED) is 0.208. The third-order valence-electron chi connectivity index (χ3n) is 6.64. The molecule has 0 aliphatic carbocycles.